The fourth-order valence-electron chi connectivity index (χ4n) is 3.03. The molecular formula is C15H27NO. The normalized spacial score (nSPS) is 33.8. The Hall–Kier alpha value is -0.550. The fraction of sp³-hybridized carbons (Fsp3) is 0.933. The lowest BCUT2D eigenvalue weighted by atomic mass is 9.60. The average molecular weight is 237 g/mol. The number of nitrogens with zero attached hydrogens (tertiary/aromatic N) is 1. The first-order chi connectivity index (χ1) is 7.68. The minimum atomic E-state index is -0.780. The second-order valence-corrected chi connectivity index (χ2v) is 6.97. The summed E-state index contributed by atoms with van der Waals surface area (Å²) in [6, 6.07) is 2.34. The quantitative estimate of drug-likeness (QED) is 0.791. The molecule has 0 saturated heterocycles. The molecule has 0 radical (unpaired) electrons. The monoisotopic (exact) mass is 237 g/mol. The van der Waals surface area contributed by atoms with Gasteiger partial charge in [0.15, 0.2) is 0 Å². The van der Waals surface area contributed by atoms with Crippen LogP contribution in [0.2, 0.25) is 0 Å². The maximum atomic E-state index is 10.8. The van der Waals surface area contributed by atoms with Gasteiger partial charge in [-0.25, -0.2) is 0 Å². The summed E-state index contributed by atoms with van der Waals surface area (Å²) < 4.78 is 0. The molecule has 0 aliphatic heterocycles. The van der Waals surface area contributed by atoms with Crippen molar-refractivity contribution >= 4 is 0 Å². The molecule has 1 N–H and O–H groups in total. The summed E-state index contributed by atoms with van der Waals surface area (Å²) in [5.74, 6) is 0.669. The lowest BCUT2D eigenvalue weighted by Gasteiger charge is -2.47. The third-order valence-corrected chi connectivity index (χ3v) is 5.02. The Kier molecular flexibility index (Phi) is 3.94. The van der Waals surface area contributed by atoms with Gasteiger partial charge < -0.3 is 5.11 Å². The van der Waals surface area contributed by atoms with E-state index in [1.165, 1.54) is 0 Å². The zero-order chi connectivity index (χ0) is 13.3. The van der Waals surface area contributed by atoms with E-state index in [0.29, 0.717) is 11.3 Å². The highest BCUT2D eigenvalue weighted by Crippen LogP contribution is 2.49. The van der Waals surface area contributed by atoms with E-state index in [-0.39, 0.29) is 0 Å². The minimum Gasteiger partial charge on any atom is -0.388 e. The molecule has 17 heavy (non-hydrogen) atoms. The average Bonchev–Trinajstić information content (AvgIpc) is 2.27. The van der Waals surface area contributed by atoms with Gasteiger partial charge in [0, 0.05) is 0 Å². The molecule has 1 saturated carbocycles. The van der Waals surface area contributed by atoms with Crippen LogP contribution in [0, 0.1) is 28.1 Å². The van der Waals surface area contributed by atoms with Crippen LogP contribution in [0.25, 0.3) is 0 Å². The molecule has 0 heterocycles. The van der Waals surface area contributed by atoms with Gasteiger partial charge in [-0.3, -0.25) is 0 Å². The minimum absolute atomic E-state index is 0.316. The van der Waals surface area contributed by atoms with Gasteiger partial charge >= 0.3 is 0 Å². The Labute approximate surface area is 106 Å². The largest absolute Gasteiger partial charge is 0.388 e. The van der Waals surface area contributed by atoms with E-state index < -0.39 is 11.0 Å². The molecule has 1 rings (SSSR count). The molecule has 0 aromatic heterocycles. The predicted octanol–water partition coefficient (Wildman–Crippen LogP) is 3.89. The van der Waals surface area contributed by atoms with Gasteiger partial charge in [-0.2, -0.15) is 5.26 Å². The molecule has 1 aliphatic carbocycles. The maximum absolute atomic E-state index is 10.8. The van der Waals surface area contributed by atoms with E-state index in [2.05, 4.69) is 26.8 Å². The van der Waals surface area contributed by atoms with Crippen LogP contribution in [0.5, 0.6) is 0 Å². The second kappa shape index (κ2) is 4.61. The fourth-order valence-corrected chi connectivity index (χ4v) is 3.03. The van der Waals surface area contributed by atoms with E-state index in [1.54, 1.807) is 0 Å². The number of hydrogen-bond acceptors (Lipinski definition) is 2. The molecule has 1 unspecified atom stereocenters. The molecule has 1 atom stereocenters. The van der Waals surface area contributed by atoms with Crippen LogP contribution < -0.4 is 0 Å². The molecule has 2 heteroatoms. The Morgan fingerprint density at radius 3 is 2.00 bits per heavy atom. The summed E-state index contributed by atoms with van der Waals surface area (Å²) in [6.45, 7) is 10.7. The van der Waals surface area contributed by atoms with Crippen molar-refractivity contribution in [3.63, 3.8) is 0 Å². The van der Waals surface area contributed by atoms with Crippen molar-refractivity contribution in [2.24, 2.45) is 16.7 Å². The summed E-state index contributed by atoms with van der Waals surface area (Å²) in [5, 5.41) is 20.1. The summed E-state index contributed by atoms with van der Waals surface area (Å²) in [4.78, 5) is 0. The molecular weight excluding hydrogens is 210 g/mol. The lowest BCUT2D eigenvalue weighted by molar-refractivity contribution is -0.0940. The smallest absolute Gasteiger partial charge is 0.0830 e. The lowest BCUT2D eigenvalue weighted by Crippen LogP contribution is -2.49. The van der Waals surface area contributed by atoms with Crippen molar-refractivity contribution in [1.29, 1.82) is 5.26 Å². The third-order valence-electron chi connectivity index (χ3n) is 5.02. The first kappa shape index (κ1) is 14.5. The molecule has 0 aromatic rings. The van der Waals surface area contributed by atoms with E-state index >= 15 is 0 Å². The number of nitriles is 1. The van der Waals surface area contributed by atoms with Crippen molar-refractivity contribution in [2.45, 2.75) is 72.3 Å². The molecule has 0 aromatic carbocycles. The van der Waals surface area contributed by atoms with Crippen LogP contribution in [0.3, 0.4) is 0 Å². The first-order valence-electron chi connectivity index (χ1n) is 6.82. The van der Waals surface area contributed by atoms with Gasteiger partial charge in [-0.1, -0.05) is 27.7 Å². The second-order valence-electron chi connectivity index (χ2n) is 6.97. The molecule has 1 fully saturated rings. The highest BCUT2D eigenvalue weighted by atomic mass is 16.3. The highest BCUT2D eigenvalue weighted by Gasteiger charge is 2.49. The number of rotatable bonds is 2. The van der Waals surface area contributed by atoms with Crippen LogP contribution in [-0.4, -0.2) is 10.7 Å². The zero-order valence-electron chi connectivity index (χ0n) is 12.0. The van der Waals surface area contributed by atoms with Gasteiger partial charge in [-0.15, -0.1) is 0 Å². The van der Waals surface area contributed by atoms with Crippen LogP contribution in [0.1, 0.15) is 66.7 Å². The van der Waals surface area contributed by atoms with Crippen molar-refractivity contribution < 1.29 is 5.11 Å². The summed E-state index contributed by atoms with van der Waals surface area (Å²) in [6.07, 6.45) is 4.34. The molecule has 2 nitrogen and oxygen atoms in total. The first-order valence-corrected chi connectivity index (χ1v) is 6.82. The Morgan fingerprint density at radius 2 is 1.71 bits per heavy atom. The van der Waals surface area contributed by atoms with Crippen LogP contribution >= 0.6 is 0 Å². The summed E-state index contributed by atoms with van der Waals surface area (Å²) in [5.41, 5.74) is -1.05. The topological polar surface area (TPSA) is 44.0 Å². The van der Waals surface area contributed by atoms with E-state index in [0.717, 1.165) is 32.1 Å². The van der Waals surface area contributed by atoms with Gasteiger partial charge in [0.25, 0.3) is 0 Å². The Morgan fingerprint density at radius 1 is 1.24 bits per heavy atom. The molecule has 0 spiro atoms. The van der Waals surface area contributed by atoms with Crippen LogP contribution in [-0.2, 0) is 0 Å². The molecule has 1 aliphatic rings. The zero-order valence-corrected chi connectivity index (χ0v) is 12.0. The van der Waals surface area contributed by atoms with Crippen LogP contribution in [0.15, 0.2) is 0 Å². The van der Waals surface area contributed by atoms with Crippen molar-refractivity contribution in [3.05, 3.63) is 0 Å². The number of hydrogen-bond donors (Lipinski definition) is 1. The standard InChI is InChI=1S/C15H27NO/c1-6-14(5,11-16)15(17)9-7-12(8-10-15)13(2,3)4/h12,17H,6-10H2,1-5H3. The van der Waals surface area contributed by atoms with Crippen LogP contribution in [0.4, 0.5) is 0 Å². The number of aliphatic hydroxyl groups is 1. The summed E-state index contributed by atoms with van der Waals surface area (Å²) >= 11 is 0. The van der Waals surface area contributed by atoms with Gasteiger partial charge in [0.2, 0.25) is 0 Å². The van der Waals surface area contributed by atoms with E-state index in [1.807, 2.05) is 13.8 Å². The third kappa shape index (κ3) is 2.65. The van der Waals surface area contributed by atoms with Crippen molar-refractivity contribution in [2.75, 3.05) is 0 Å². The Balaban J connectivity index is 2.78. The maximum Gasteiger partial charge on any atom is 0.0830 e. The highest BCUT2D eigenvalue weighted by molar-refractivity contribution is 5.10. The van der Waals surface area contributed by atoms with Gasteiger partial charge in [-0.05, 0) is 50.4 Å². The van der Waals surface area contributed by atoms with Gasteiger partial charge in [0.1, 0.15) is 0 Å². The van der Waals surface area contributed by atoms with Crippen molar-refractivity contribution in [3.8, 4) is 6.07 Å². The molecule has 0 amide bonds. The molecule has 0 bridgehead atoms. The van der Waals surface area contributed by atoms with Crippen molar-refractivity contribution in [1.82, 2.24) is 0 Å². The van der Waals surface area contributed by atoms with E-state index in [9.17, 15) is 10.4 Å². The van der Waals surface area contributed by atoms with E-state index in [4.69, 9.17) is 0 Å². The Bertz CT molecular complexity index is 302. The summed E-state index contributed by atoms with van der Waals surface area (Å²) in [7, 11) is 0. The predicted molar refractivity (Wildman–Crippen MR) is 70.4 cm³/mol. The molecule has 98 valence electrons. The SMILES string of the molecule is CCC(C)(C#N)C1(O)CCC(C(C)(C)C)CC1. The van der Waals surface area contributed by atoms with Gasteiger partial charge in [0.05, 0.1) is 17.1 Å².